The molecular weight excluding hydrogens is 172 g/mol. The number of hydrogen-bond acceptors (Lipinski definition) is 1. The maximum absolute atomic E-state index is 7.71. The van der Waals surface area contributed by atoms with E-state index in [9.17, 15) is 0 Å². The molecule has 2 heteroatoms. The van der Waals surface area contributed by atoms with Crippen molar-refractivity contribution < 1.29 is 0 Å². The maximum Gasteiger partial charge on any atom is 0.127 e. The fraction of sp³-hybridized carbons (Fsp3) is 0.417. The van der Waals surface area contributed by atoms with Crippen LogP contribution in [0.3, 0.4) is 0 Å². The van der Waals surface area contributed by atoms with Crippen molar-refractivity contribution in [1.29, 1.82) is 5.41 Å². The lowest BCUT2D eigenvalue weighted by Crippen LogP contribution is -2.21. The van der Waals surface area contributed by atoms with E-state index in [2.05, 4.69) is 0 Å². The Labute approximate surface area is 87.1 Å². The fourth-order valence-electron chi connectivity index (χ4n) is 1.05. The molecule has 0 aromatic heterocycles. The molecule has 0 aliphatic carbocycles. The van der Waals surface area contributed by atoms with Crippen molar-refractivity contribution in [3.8, 4) is 0 Å². The van der Waals surface area contributed by atoms with Crippen molar-refractivity contribution in [1.82, 2.24) is 4.90 Å². The summed E-state index contributed by atoms with van der Waals surface area (Å²) in [5.74, 6) is 0.554. The molecule has 0 unspecified atom stereocenters. The first-order valence-electron chi connectivity index (χ1n) is 4.94. The summed E-state index contributed by atoms with van der Waals surface area (Å²) in [7, 11) is 3.76. The summed E-state index contributed by atoms with van der Waals surface area (Å²) in [5.41, 5.74) is 2.17. The van der Waals surface area contributed by atoms with E-state index in [-0.39, 0.29) is 0 Å². The summed E-state index contributed by atoms with van der Waals surface area (Å²) in [6.07, 6.45) is 0. The zero-order valence-electron chi connectivity index (χ0n) is 9.76. The first-order chi connectivity index (χ1) is 6.61. The average molecular weight is 192 g/mol. The van der Waals surface area contributed by atoms with E-state index in [0.717, 1.165) is 5.56 Å². The largest absolute Gasteiger partial charge is 0.363 e. The molecule has 0 fully saturated rings. The molecule has 0 bridgehead atoms. The van der Waals surface area contributed by atoms with Crippen LogP contribution in [0.4, 0.5) is 0 Å². The first kappa shape index (κ1) is 12.7. The summed E-state index contributed by atoms with van der Waals surface area (Å²) in [5, 5.41) is 7.71. The number of rotatable bonds is 1. The van der Waals surface area contributed by atoms with Crippen LogP contribution in [0, 0.1) is 12.3 Å². The molecule has 1 aromatic carbocycles. The number of nitrogens with zero attached hydrogens (tertiary/aromatic N) is 1. The van der Waals surface area contributed by atoms with Crippen LogP contribution in [0.25, 0.3) is 0 Å². The molecule has 0 aliphatic rings. The quantitative estimate of drug-likeness (QED) is 0.537. The number of aryl methyl sites for hydroxylation is 1. The van der Waals surface area contributed by atoms with Gasteiger partial charge in [0, 0.05) is 19.7 Å². The van der Waals surface area contributed by atoms with E-state index in [0.29, 0.717) is 5.84 Å². The fourth-order valence-corrected chi connectivity index (χ4v) is 1.05. The molecule has 1 N–H and O–H groups in total. The van der Waals surface area contributed by atoms with Gasteiger partial charge in [0.15, 0.2) is 0 Å². The van der Waals surface area contributed by atoms with Crippen LogP contribution in [0.5, 0.6) is 0 Å². The second kappa shape index (κ2) is 6.19. The van der Waals surface area contributed by atoms with Crippen molar-refractivity contribution in [3.05, 3.63) is 35.4 Å². The van der Waals surface area contributed by atoms with Gasteiger partial charge in [0.1, 0.15) is 5.84 Å². The second-order valence-electron chi connectivity index (χ2n) is 3.11. The third-order valence-electron chi connectivity index (χ3n) is 1.74. The molecule has 1 aromatic rings. The topological polar surface area (TPSA) is 27.1 Å². The van der Waals surface area contributed by atoms with E-state index in [1.165, 1.54) is 5.56 Å². The molecule has 14 heavy (non-hydrogen) atoms. The minimum Gasteiger partial charge on any atom is -0.363 e. The van der Waals surface area contributed by atoms with Crippen molar-refractivity contribution >= 4 is 5.84 Å². The van der Waals surface area contributed by atoms with Gasteiger partial charge in [0.25, 0.3) is 0 Å². The van der Waals surface area contributed by atoms with E-state index >= 15 is 0 Å². The zero-order chi connectivity index (χ0) is 11.1. The van der Waals surface area contributed by atoms with Crippen LogP contribution < -0.4 is 0 Å². The predicted molar refractivity (Wildman–Crippen MR) is 63.0 cm³/mol. The lowest BCUT2D eigenvalue weighted by molar-refractivity contribution is 0.619. The number of hydrogen-bond donors (Lipinski definition) is 1. The minimum absolute atomic E-state index is 0.554. The SMILES string of the molecule is CC.Cc1cccc(C(=N)N(C)C)c1. The molecule has 1 rings (SSSR count). The first-order valence-corrected chi connectivity index (χ1v) is 4.94. The van der Waals surface area contributed by atoms with Crippen LogP contribution in [-0.4, -0.2) is 24.8 Å². The summed E-state index contributed by atoms with van der Waals surface area (Å²) in [6.45, 7) is 6.03. The van der Waals surface area contributed by atoms with Crippen LogP contribution >= 0.6 is 0 Å². The van der Waals surface area contributed by atoms with Gasteiger partial charge < -0.3 is 4.90 Å². The van der Waals surface area contributed by atoms with Crippen molar-refractivity contribution in [3.63, 3.8) is 0 Å². The third kappa shape index (κ3) is 3.60. The maximum atomic E-state index is 7.71. The Morgan fingerprint density at radius 3 is 2.21 bits per heavy atom. The monoisotopic (exact) mass is 192 g/mol. The summed E-state index contributed by atoms with van der Waals surface area (Å²) < 4.78 is 0. The molecule has 0 aliphatic heterocycles. The number of benzene rings is 1. The molecule has 2 nitrogen and oxygen atoms in total. The molecule has 0 saturated heterocycles. The van der Waals surface area contributed by atoms with Gasteiger partial charge >= 0.3 is 0 Å². The van der Waals surface area contributed by atoms with Gasteiger partial charge in [-0.25, -0.2) is 0 Å². The highest BCUT2D eigenvalue weighted by atomic mass is 15.1. The smallest absolute Gasteiger partial charge is 0.127 e. The van der Waals surface area contributed by atoms with Crippen molar-refractivity contribution in [2.75, 3.05) is 14.1 Å². The molecule has 0 atom stereocenters. The predicted octanol–water partition coefficient (Wildman–Crippen LogP) is 2.91. The normalized spacial score (nSPS) is 8.64. The summed E-state index contributed by atoms with van der Waals surface area (Å²) >= 11 is 0. The Bertz CT molecular complexity index is 290. The molecule has 0 heterocycles. The molecule has 0 radical (unpaired) electrons. The Morgan fingerprint density at radius 1 is 1.21 bits per heavy atom. The highest BCUT2D eigenvalue weighted by Gasteiger charge is 2.01. The minimum atomic E-state index is 0.554. The van der Waals surface area contributed by atoms with Crippen molar-refractivity contribution in [2.24, 2.45) is 0 Å². The molecule has 0 spiro atoms. The third-order valence-corrected chi connectivity index (χ3v) is 1.74. The van der Waals surface area contributed by atoms with Crippen molar-refractivity contribution in [2.45, 2.75) is 20.8 Å². The van der Waals surface area contributed by atoms with E-state index < -0.39 is 0 Å². The molecular formula is C12H20N2. The molecule has 78 valence electrons. The Balaban J connectivity index is 0.000000791. The number of amidine groups is 1. The Hall–Kier alpha value is -1.31. The van der Waals surface area contributed by atoms with E-state index in [1.807, 2.05) is 59.1 Å². The summed E-state index contributed by atoms with van der Waals surface area (Å²) in [4.78, 5) is 1.80. The lowest BCUT2D eigenvalue weighted by Gasteiger charge is -2.13. The van der Waals surface area contributed by atoms with Crippen LogP contribution in [0.1, 0.15) is 25.0 Å². The van der Waals surface area contributed by atoms with E-state index in [4.69, 9.17) is 5.41 Å². The van der Waals surface area contributed by atoms with Gasteiger partial charge in [-0.3, -0.25) is 5.41 Å². The van der Waals surface area contributed by atoms with Gasteiger partial charge in [0.2, 0.25) is 0 Å². The van der Waals surface area contributed by atoms with Crippen LogP contribution in [0.15, 0.2) is 24.3 Å². The van der Waals surface area contributed by atoms with Gasteiger partial charge in [-0.05, 0) is 13.0 Å². The van der Waals surface area contributed by atoms with Gasteiger partial charge in [0.05, 0.1) is 0 Å². The summed E-state index contributed by atoms with van der Waals surface area (Å²) in [6, 6.07) is 7.98. The Kier molecular flexibility index (Phi) is 5.61. The highest BCUT2D eigenvalue weighted by Crippen LogP contribution is 2.05. The Morgan fingerprint density at radius 2 is 1.79 bits per heavy atom. The average Bonchev–Trinajstić information content (AvgIpc) is 2.19. The molecule has 0 saturated carbocycles. The van der Waals surface area contributed by atoms with Gasteiger partial charge in [-0.1, -0.05) is 37.6 Å². The lowest BCUT2D eigenvalue weighted by atomic mass is 10.1. The van der Waals surface area contributed by atoms with Gasteiger partial charge in [-0.15, -0.1) is 0 Å². The second-order valence-corrected chi connectivity index (χ2v) is 3.11. The van der Waals surface area contributed by atoms with Crippen LogP contribution in [0.2, 0.25) is 0 Å². The standard InChI is InChI=1S/C10H14N2.C2H6/c1-8-5-4-6-9(7-8)10(11)12(2)3;1-2/h4-7,11H,1-3H3;1-2H3. The zero-order valence-corrected chi connectivity index (χ0v) is 9.76. The highest BCUT2D eigenvalue weighted by molar-refractivity contribution is 5.96. The van der Waals surface area contributed by atoms with Crippen LogP contribution in [-0.2, 0) is 0 Å². The molecule has 0 amide bonds. The van der Waals surface area contributed by atoms with Gasteiger partial charge in [-0.2, -0.15) is 0 Å². The number of nitrogens with one attached hydrogen (secondary N) is 1. The van der Waals surface area contributed by atoms with E-state index in [1.54, 1.807) is 4.90 Å².